The molecule has 1 unspecified atom stereocenters. The van der Waals surface area contributed by atoms with Gasteiger partial charge in [0.2, 0.25) is 0 Å². The summed E-state index contributed by atoms with van der Waals surface area (Å²) in [5.74, 6) is -0.140. The van der Waals surface area contributed by atoms with Gasteiger partial charge in [-0.3, -0.25) is 9.17 Å². The van der Waals surface area contributed by atoms with Gasteiger partial charge >= 0.3 is 12.2 Å². The fourth-order valence-corrected chi connectivity index (χ4v) is 2.47. The minimum absolute atomic E-state index is 0.140. The predicted molar refractivity (Wildman–Crippen MR) is 101 cm³/mol. The third-order valence-corrected chi connectivity index (χ3v) is 3.41. The van der Waals surface area contributed by atoms with Crippen molar-refractivity contribution < 1.29 is 31.7 Å². The number of rotatable bonds is 4. The molecule has 28 heavy (non-hydrogen) atoms. The molecule has 1 heterocycles. The molecular weight excluding hydrogens is 390 g/mol. The second-order valence-electron chi connectivity index (χ2n) is 8.04. The van der Waals surface area contributed by atoms with Crippen molar-refractivity contribution in [1.29, 1.82) is 0 Å². The van der Waals surface area contributed by atoms with Crippen molar-refractivity contribution in [3.05, 3.63) is 18.1 Å². The number of anilines is 1. The fourth-order valence-electron chi connectivity index (χ4n) is 1.84. The molecule has 0 saturated heterocycles. The van der Waals surface area contributed by atoms with Crippen molar-refractivity contribution in [3.8, 4) is 0 Å². The second kappa shape index (κ2) is 8.39. The molecule has 0 saturated carbocycles. The Kier molecular flexibility index (Phi) is 7.13. The molecule has 10 nitrogen and oxygen atoms in total. The Hall–Kier alpha value is -2.27. The summed E-state index contributed by atoms with van der Waals surface area (Å²) in [4.78, 5) is 33.7. The molecule has 158 valence electrons. The van der Waals surface area contributed by atoms with E-state index in [9.17, 15) is 18.0 Å². The highest BCUT2D eigenvalue weighted by molar-refractivity contribution is 7.86. The van der Waals surface area contributed by atoms with E-state index in [2.05, 4.69) is 9.97 Å². The van der Waals surface area contributed by atoms with E-state index in [-0.39, 0.29) is 11.5 Å². The van der Waals surface area contributed by atoms with Gasteiger partial charge in [-0.05, 0) is 48.5 Å². The van der Waals surface area contributed by atoms with Crippen LogP contribution in [-0.2, 0) is 23.8 Å². The lowest BCUT2D eigenvalue weighted by Crippen LogP contribution is -2.44. The van der Waals surface area contributed by atoms with Crippen molar-refractivity contribution in [2.45, 2.75) is 65.8 Å². The molecule has 2 amide bonds. The highest BCUT2D eigenvalue weighted by Gasteiger charge is 2.34. The summed E-state index contributed by atoms with van der Waals surface area (Å²) in [5, 5.41) is 0. The largest absolute Gasteiger partial charge is 0.443 e. The van der Waals surface area contributed by atoms with Crippen molar-refractivity contribution >= 4 is 28.1 Å². The number of hydrogen-bond donors (Lipinski definition) is 0. The standard InChI is InChI=1S/C17H27N3O7S/c1-11(27-28(8,23)24)12-9-19-13(10-18-12)20(14(21)25-16(2,3)4)15(22)26-17(5,6)7/h9-11H,1-8H3. The predicted octanol–water partition coefficient (Wildman–Crippen LogP) is 3.19. The van der Waals surface area contributed by atoms with Gasteiger partial charge in [0.25, 0.3) is 10.1 Å². The maximum atomic E-state index is 12.5. The first-order valence-corrected chi connectivity index (χ1v) is 10.3. The summed E-state index contributed by atoms with van der Waals surface area (Å²) in [6.07, 6.45) is 0.387. The number of hydrogen-bond acceptors (Lipinski definition) is 9. The van der Waals surface area contributed by atoms with Gasteiger partial charge in [-0.25, -0.2) is 14.6 Å². The molecule has 1 rings (SSSR count). The molecular formula is C17H27N3O7S. The summed E-state index contributed by atoms with van der Waals surface area (Å²) < 4.78 is 37.8. The number of carbonyl (C=O) groups is 2. The van der Waals surface area contributed by atoms with Crippen LogP contribution >= 0.6 is 0 Å². The van der Waals surface area contributed by atoms with Gasteiger partial charge in [0.15, 0.2) is 5.82 Å². The first-order valence-electron chi connectivity index (χ1n) is 8.45. The average molecular weight is 417 g/mol. The zero-order valence-electron chi connectivity index (χ0n) is 17.3. The van der Waals surface area contributed by atoms with E-state index in [0.29, 0.717) is 4.90 Å². The quantitative estimate of drug-likeness (QED) is 0.679. The lowest BCUT2D eigenvalue weighted by atomic mass is 10.2. The van der Waals surface area contributed by atoms with E-state index >= 15 is 0 Å². The van der Waals surface area contributed by atoms with E-state index in [1.807, 2.05) is 0 Å². The van der Waals surface area contributed by atoms with Crippen LogP contribution in [0.3, 0.4) is 0 Å². The number of ether oxygens (including phenoxy) is 2. The van der Waals surface area contributed by atoms with Crippen molar-refractivity contribution in [3.63, 3.8) is 0 Å². The topological polar surface area (TPSA) is 125 Å². The van der Waals surface area contributed by atoms with Crippen LogP contribution in [0.1, 0.15) is 60.3 Å². The molecule has 0 spiro atoms. The third-order valence-electron chi connectivity index (χ3n) is 2.78. The Morgan fingerprint density at radius 3 is 1.75 bits per heavy atom. The minimum atomic E-state index is -3.69. The lowest BCUT2D eigenvalue weighted by Gasteiger charge is -2.27. The molecule has 0 aliphatic rings. The maximum absolute atomic E-state index is 12.5. The van der Waals surface area contributed by atoms with Crippen LogP contribution < -0.4 is 4.90 Å². The van der Waals surface area contributed by atoms with E-state index < -0.39 is 39.6 Å². The van der Waals surface area contributed by atoms with Crippen LogP contribution in [0.2, 0.25) is 0 Å². The summed E-state index contributed by atoms with van der Waals surface area (Å²) in [7, 11) is -3.69. The number of amides is 2. The van der Waals surface area contributed by atoms with Crippen molar-refractivity contribution in [1.82, 2.24) is 9.97 Å². The van der Waals surface area contributed by atoms with Crippen molar-refractivity contribution in [2.75, 3.05) is 11.2 Å². The first kappa shape index (κ1) is 23.8. The second-order valence-corrected chi connectivity index (χ2v) is 9.64. The van der Waals surface area contributed by atoms with Gasteiger partial charge in [0.05, 0.1) is 24.3 Å². The molecule has 0 aliphatic carbocycles. The number of imide groups is 1. The van der Waals surface area contributed by atoms with Crippen LogP contribution in [0.5, 0.6) is 0 Å². The number of carbonyl (C=O) groups excluding carboxylic acids is 2. The smallest absolute Gasteiger partial charge is 0.425 e. The van der Waals surface area contributed by atoms with Gasteiger partial charge in [0.1, 0.15) is 17.3 Å². The zero-order chi connectivity index (χ0) is 21.9. The van der Waals surface area contributed by atoms with E-state index in [1.54, 1.807) is 41.5 Å². The van der Waals surface area contributed by atoms with Gasteiger partial charge in [-0.1, -0.05) is 0 Å². The highest BCUT2D eigenvalue weighted by Crippen LogP contribution is 2.21. The van der Waals surface area contributed by atoms with Crippen LogP contribution in [-0.4, -0.2) is 48.0 Å². The Morgan fingerprint density at radius 2 is 1.43 bits per heavy atom. The summed E-state index contributed by atoms with van der Waals surface area (Å²) >= 11 is 0. The number of nitrogens with zero attached hydrogens (tertiary/aromatic N) is 3. The third kappa shape index (κ3) is 8.17. The molecule has 0 aromatic carbocycles. The van der Waals surface area contributed by atoms with Crippen molar-refractivity contribution in [2.24, 2.45) is 0 Å². The normalized spacial score (nSPS) is 13.6. The Balaban J connectivity index is 3.19. The van der Waals surface area contributed by atoms with Crippen LogP contribution in [0.15, 0.2) is 12.4 Å². The highest BCUT2D eigenvalue weighted by atomic mass is 32.2. The maximum Gasteiger partial charge on any atom is 0.425 e. The van der Waals surface area contributed by atoms with Crippen LogP contribution in [0.4, 0.5) is 15.4 Å². The summed E-state index contributed by atoms with van der Waals surface area (Å²) in [6.45, 7) is 11.4. The molecule has 0 fully saturated rings. The zero-order valence-corrected chi connectivity index (χ0v) is 18.2. The van der Waals surface area contributed by atoms with E-state index in [4.69, 9.17) is 13.7 Å². The molecule has 0 bridgehead atoms. The van der Waals surface area contributed by atoms with Crippen LogP contribution in [0, 0.1) is 0 Å². The molecule has 11 heteroatoms. The molecule has 1 aromatic rings. The number of aromatic nitrogens is 2. The monoisotopic (exact) mass is 417 g/mol. The molecule has 0 radical (unpaired) electrons. The lowest BCUT2D eigenvalue weighted by molar-refractivity contribution is 0.0429. The average Bonchev–Trinajstić information content (AvgIpc) is 2.42. The summed E-state index contributed by atoms with van der Waals surface area (Å²) in [6, 6.07) is 0. The van der Waals surface area contributed by atoms with E-state index in [0.717, 1.165) is 12.5 Å². The Bertz CT molecular complexity index is 781. The molecule has 1 atom stereocenters. The molecule has 0 aliphatic heterocycles. The minimum Gasteiger partial charge on any atom is -0.443 e. The molecule has 0 N–H and O–H groups in total. The van der Waals surface area contributed by atoms with Gasteiger partial charge in [-0.15, -0.1) is 0 Å². The Labute approximate surface area is 165 Å². The van der Waals surface area contributed by atoms with Gasteiger partial charge in [0, 0.05) is 0 Å². The SMILES string of the molecule is CC(OS(C)(=O)=O)c1cnc(N(C(=O)OC(C)(C)C)C(=O)OC(C)(C)C)cn1. The van der Waals surface area contributed by atoms with Crippen LogP contribution in [0.25, 0.3) is 0 Å². The Morgan fingerprint density at radius 1 is 0.964 bits per heavy atom. The summed E-state index contributed by atoms with van der Waals surface area (Å²) in [5.41, 5.74) is -1.52. The first-order chi connectivity index (χ1) is 12.5. The van der Waals surface area contributed by atoms with Gasteiger partial charge < -0.3 is 9.47 Å². The van der Waals surface area contributed by atoms with E-state index in [1.165, 1.54) is 13.1 Å². The van der Waals surface area contributed by atoms with Gasteiger partial charge in [-0.2, -0.15) is 13.3 Å². The molecule has 1 aromatic heterocycles. The fraction of sp³-hybridized carbons (Fsp3) is 0.647.